The van der Waals surface area contributed by atoms with Crippen molar-refractivity contribution in [1.82, 2.24) is 5.32 Å². The van der Waals surface area contributed by atoms with Gasteiger partial charge in [-0.2, -0.15) is 0 Å². The number of benzene rings is 1. The molecule has 5 nitrogen and oxygen atoms in total. The van der Waals surface area contributed by atoms with Crippen LogP contribution in [0.1, 0.15) is 51.4 Å². The molecule has 0 aliphatic carbocycles. The predicted octanol–water partition coefficient (Wildman–Crippen LogP) is 2.95. The van der Waals surface area contributed by atoms with Crippen LogP contribution in [0.25, 0.3) is 0 Å². The van der Waals surface area contributed by atoms with Gasteiger partial charge in [-0.1, -0.05) is 41.0 Å². The van der Waals surface area contributed by atoms with Gasteiger partial charge in [0.05, 0.1) is 11.7 Å². The Balaban J connectivity index is 2.82. The van der Waals surface area contributed by atoms with Crippen LogP contribution < -0.4 is 10.6 Å². The van der Waals surface area contributed by atoms with Gasteiger partial charge >= 0.3 is 0 Å². The molecule has 0 aromatic heterocycles. The lowest BCUT2D eigenvalue weighted by Crippen LogP contribution is -2.35. The predicted molar refractivity (Wildman–Crippen MR) is 92.3 cm³/mol. The monoisotopic (exact) mass is 338 g/mol. The number of hydrogen-bond acceptors (Lipinski definition) is 3. The van der Waals surface area contributed by atoms with Gasteiger partial charge in [0, 0.05) is 17.6 Å². The zero-order valence-electron chi connectivity index (χ0n) is 14.9. The minimum atomic E-state index is -0.689. The summed E-state index contributed by atoms with van der Waals surface area (Å²) in [6.45, 7) is 9.14. The molecule has 2 atom stereocenters. The minimum Gasteiger partial charge on any atom is -0.391 e. The van der Waals surface area contributed by atoms with Crippen LogP contribution >= 0.6 is 0 Å². The Bertz CT molecular complexity index is 596. The average molecular weight is 338 g/mol. The molecule has 3 N–H and O–H groups in total. The molecule has 0 bridgehead atoms. The molecule has 0 heterocycles. The molecule has 0 fully saturated rings. The molecule has 2 amide bonds. The fraction of sp³-hybridized carbons (Fsp3) is 0.556. The van der Waals surface area contributed by atoms with Crippen molar-refractivity contribution in [3.63, 3.8) is 0 Å². The lowest BCUT2D eigenvalue weighted by atomic mass is 9.95. The second-order valence-electron chi connectivity index (χ2n) is 7.06. The first kappa shape index (κ1) is 20.1. The number of carbonyl (C=O) groups excluding carboxylic acids is 2. The van der Waals surface area contributed by atoms with Crippen LogP contribution in [0.5, 0.6) is 0 Å². The van der Waals surface area contributed by atoms with E-state index in [2.05, 4.69) is 10.6 Å². The van der Waals surface area contributed by atoms with Crippen molar-refractivity contribution in [2.75, 3.05) is 11.9 Å². The van der Waals surface area contributed by atoms with Gasteiger partial charge in [-0.25, -0.2) is 4.39 Å². The largest absolute Gasteiger partial charge is 0.391 e. The van der Waals surface area contributed by atoms with E-state index in [9.17, 15) is 19.1 Å². The zero-order valence-corrected chi connectivity index (χ0v) is 14.9. The maximum Gasteiger partial charge on any atom is 0.254 e. The molecule has 24 heavy (non-hydrogen) atoms. The number of halogens is 1. The van der Waals surface area contributed by atoms with Crippen LogP contribution in [0, 0.1) is 17.2 Å². The Hall–Kier alpha value is -1.95. The van der Waals surface area contributed by atoms with Gasteiger partial charge in [-0.05, 0) is 24.1 Å². The smallest absolute Gasteiger partial charge is 0.254 e. The SMILES string of the molecule is CCC(C)C(O)CNC(=O)c1cc(NC(=O)C(C)(C)C)ccc1F. The number of aliphatic hydroxyl groups is 1. The molecule has 1 aromatic rings. The van der Waals surface area contributed by atoms with E-state index in [4.69, 9.17) is 0 Å². The van der Waals surface area contributed by atoms with E-state index >= 15 is 0 Å². The van der Waals surface area contributed by atoms with E-state index in [1.807, 2.05) is 13.8 Å². The summed E-state index contributed by atoms with van der Waals surface area (Å²) < 4.78 is 13.9. The molecule has 2 unspecified atom stereocenters. The third kappa shape index (κ3) is 5.60. The highest BCUT2D eigenvalue weighted by Crippen LogP contribution is 2.20. The highest BCUT2D eigenvalue weighted by atomic mass is 19.1. The summed E-state index contributed by atoms with van der Waals surface area (Å²) in [5.41, 5.74) is -0.418. The minimum absolute atomic E-state index is 0.0348. The van der Waals surface area contributed by atoms with Gasteiger partial charge in [0.1, 0.15) is 5.82 Å². The van der Waals surface area contributed by atoms with Gasteiger partial charge in [-0.15, -0.1) is 0 Å². The van der Waals surface area contributed by atoms with Gasteiger partial charge in [0.2, 0.25) is 5.91 Å². The topological polar surface area (TPSA) is 78.4 Å². The molecule has 0 saturated carbocycles. The van der Waals surface area contributed by atoms with Crippen LogP contribution in [-0.4, -0.2) is 29.6 Å². The second kappa shape index (κ2) is 8.24. The van der Waals surface area contributed by atoms with Crippen molar-refractivity contribution in [2.45, 2.75) is 47.1 Å². The zero-order chi connectivity index (χ0) is 18.5. The van der Waals surface area contributed by atoms with Crippen molar-refractivity contribution in [3.05, 3.63) is 29.6 Å². The van der Waals surface area contributed by atoms with E-state index in [1.165, 1.54) is 12.1 Å². The van der Waals surface area contributed by atoms with Gasteiger partial charge in [0.25, 0.3) is 5.91 Å². The van der Waals surface area contributed by atoms with Crippen LogP contribution in [0.4, 0.5) is 10.1 Å². The van der Waals surface area contributed by atoms with E-state index in [0.29, 0.717) is 5.69 Å². The van der Waals surface area contributed by atoms with Crippen LogP contribution in [0.15, 0.2) is 18.2 Å². The first-order valence-corrected chi connectivity index (χ1v) is 8.13. The quantitative estimate of drug-likeness (QED) is 0.746. The van der Waals surface area contributed by atoms with E-state index < -0.39 is 23.2 Å². The molecular weight excluding hydrogens is 311 g/mol. The van der Waals surface area contributed by atoms with Crippen molar-refractivity contribution in [3.8, 4) is 0 Å². The number of aliphatic hydroxyl groups excluding tert-OH is 1. The normalized spacial score (nSPS) is 14.0. The van der Waals surface area contributed by atoms with Gasteiger partial charge in [-0.3, -0.25) is 9.59 Å². The van der Waals surface area contributed by atoms with Crippen LogP contribution in [0.2, 0.25) is 0 Å². The molecule has 0 spiro atoms. The van der Waals surface area contributed by atoms with Gasteiger partial charge in [0.15, 0.2) is 0 Å². The first-order valence-electron chi connectivity index (χ1n) is 8.13. The number of amides is 2. The highest BCUT2D eigenvalue weighted by molar-refractivity contribution is 5.98. The Morgan fingerprint density at radius 3 is 2.46 bits per heavy atom. The molecule has 0 saturated heterocycles. The highest BCUT2D eigenvalue weighted by Gasteiger charge is 2.22. The fourth-order valence-corrected chi connectivity index (χ4v) is 1.86. The molecular formula is C18H27FN2O3. The van der Waals surface area contributed by atoms with E-state index in [-0.39, 0.29) is 23.9 Å². The second-order valence-corrected chi connectivity index (χ2v) is 7.06. The Morgan fingerprint density at radius 2 is 1.92 bits per heavy atom. The summed E-state index contributed by atoms with van der Waals surface area (Å²) in [6, 6.07) is 3.84. The molecule has 0 aliphatic heterocycles. The van der Waals surface area contributed by atoms with Crippen molar-refractivity contribution in [2.24, 2.45) is 11.3 Å². The first-order chi connectivity index (χ1) is 11.1. The molecule has 134 valence electrons. The fourth-order valence-electron chi connectivity index (χ4n) is 1.86. The standard InChI is InChI=1S/C18H27FN2O3/c1-6-11(2)15(22)10-20-16(23)13-9-12(7-8-14(13)19)21-17(24)18(3,4)5/h7-9,11,15,22H,6,10H2,1-5H3,(H,20,23)(H,21,24). The van der Waals surface area contributed by atoms with Crippen molar-refractivity contribution < 1.29 is 19.1 Å². The Morgan fingerprint density at radius 1 is 1.29 bits per heavy atom. The third-order valence-corrected chi connectivity index (χ3v) is 3.92. The Kier molecular flexibility index (Phi) is 6.90. The van der Waals surface area contributed by atoms with Gasteiger partial charge < -0.3 is 15.7 Å². The number of hydrogen-bond donors (Lipinski definition) is 3. The summed E-state index contributed by atoms with van der Waals surface area (Å²) >= 11 is 0. The van der Waals surface area contributed by atoms with Crippen LogP contribution in [0.3, 0.4) is 0 Å². The molecule has 6 heteroatoms. The lowest BCUT2D eigenvalue weighted by molar-refractivity contribution is -0.123. The van der Waals surface area contributed by atoms with Crippen molar-refractivity contribution in [1.29, 1.82) is 0 Å². The number of rotatable bonds is 6. The summed E-state index contributed by atoms with van der Waals surface area (Å²) in [7, 11) is 0. The third-order valence-electron chi connectivity index (χ3n) is 3.92. The summed E-state index contributed by atoms with van der Waals surface area (Å²) in [5.74, 6) is -1.50. The summed E-state index contributed by atoms with van der Waals surface area (Å²) in [6.07, 6.45) is 0.0884. The summed E-state index contributed by atoms with van der Waals surface area (Å²) in [4.78, 5) is 24.1. The molecule has 1 rings (SSSR count). The summed E-state index contributed by atoms with van der Waals surface area (Å²) in [5, 5.41) is 15.1. The lowest BCUT2D eigenvalue weighted by Gasteiger charge is -2.19. The molecule has 1 aromatic carbocycles. The molecule has 0 radical (unpaired) electrons. The van der Waals surface area contributed by atoms with E-state index in [1.54, 1.807) is 20.8 Å². The number of carbonyl (C=O) groups is 2. The Labute approximate surface area is 142 Å². The average Bonchev–Trinajstić information content (AvgIpc) is 2.52. The van der Waals surface area contributed by atoms with Crippen LogP contribution in [-0.2, 0) is 4.79 Å². The van der Waals surface area contributed by atoms with E-state index in [0.717, 1.165) is 12.5 Å². The molecule has 0 aliphatic rings. The maximum absolute atomic E-state index is 13.9. The maximum atomic E-state index is 13.9. The number of anilines is 1. The van der Waals surface area contributed by atoms with Crippen molar-refractivity contribution >= 4 is 17.5 Å². The number of nitrogens with one attached hydrogen (secondary N) is 2.